The number of aromatic amines is 1. The summed E-state index contributed by atoms with van der Waals surface area (Å²) in [7, 11) is 0. The molecule has 0 saturated carbocycles. The number of anilines is 1. The van der Waals surface area contributed by atoms with Crippen LogP contribution in [-0.2, 0) is 6.42 Å². The maximum Gasteiger partial charge on any atom is 0.256 e. The zero-order chi connectivity index (χ0) is 18.7. The second-order valence-corrected chi connectivity index (χ2v) is 5.69. The first-order valence-electron chi connectivity index (χ1n) is 8.04. The third kappa shape index (κ3) is 3.59. The van der Waals surface area contributed by atoms with Gasteiger partial charge in [-0.15, -0.1) is 0 Å². The average molecular weight is 351 g/mol. The van der Waals surface area contributed by atoms with Crippen LogP contribution in [0.2, 0.25) is 0 Å². The largest absolute Gasteiger partial charge is 0.306 e. The van der Waals surface area contributed by atoms with Crippen molar-refractivity contribution in [3.8, 4) is 5.95 Å². The molecule has 0 aliphatic carbocycles. The molecule has 26 heavy (non-hydrogen) atoms. The van der Waals surface area contributed by atoms with E-state index in [4.69, 9.17) is 0 Å². The van der Waals surface area contributed by atoms with Crippen molar-refractivity contribution in [3.05, 3.63) is 69.3 Å². The summed E-state index contributed by atoms with van der Waals surface area (Å²) >= 11 is 0. The van der Waals surface area contributed by atoms with Gasteiger partial charge < -0.3 is 5.32 Å². The Kier molecular flexibility index (Phi) is 4.74. The van der Waals surface area contributed by atoms with E-state index in [-0.39, 0.29) is 11.5 Å². The van der Waals surface area contributed by atoms with Crippen molar-refractivity contribution in [2.75, 3.05) is 5.32 Å². The molecule has 0 atom stereocenters. The van der Waals surface area contributed by atoms with Gasteiger partial charge in [0.15, 0.2) is 0 Å². The number of carbonyl (C=O) groups excluding carboxylic acids is 2. The zero-order valence-electron chi connectivity index (χ0n) is 14.3. The highest BCUT2D eigenvalue weighted by molar-refractivity contribution is 6.04. The van der Waals surface area contributed by atoms with Gasteiger partial charge in [0.1, 0.15) is 12.1 Å². The summed E-state index contributed by atoms with van der Waals surface area (Å²) in [5, 5.41) is 7.03. The van der Waals surface area contributed by atoms with E-state index < -0.39 is 5.91 Å². The molecule has 0 fully saturated rings. The predicted octanol–water partition coefficient (Wildman–Crippen LogP) is 1.89. The molecule has 0 aliphatic heterocycles. The van der Waals surface area contributed by atoms with Crippen molar-refractivity contribution >= 4 is 18.0 Å². The van der Waals surface area contributed by atoms with Crippen LogP contribution in [0.4, 0.5) is 5.82 Å². The van der Waals surface area contributed by atoms with Crippen molar-refractivity contribution in [2.45, 2.75) is 20.3 Å². The van der Waals surface area contributed by atoms with E-state index in [1.54, 1.807) is 31.2 Å². The first-order valence-corrected chi connectivity index (χ1v) is 8.04. The van der Waals surface area contributed by atoms with E-state index >= 15 is 0 Å². The molecule has 1 aromatic carbocycles. The van der Waals surface area contributed by atoms with E-state index in [9.17, 15) is 14.4 Å². The monoisotopic (exact) mass is 351 g/mol. The fourth-order valence-corrected chi connectivity index (χ4v) is 2.47. The summed E-state index contributed by atoms with van der Waals surface area (Å²) in [6.45, 7) is 3.66. The molecule has 8 heteroatoms. The molecule has 0 bridgehead atoms. The minimum atomic E-state index is -0.399. The summed E-state index contributed by atoms with van der Waals surface area (Å²) < 4.78 is 1.37. The molecule has 2 heterocycles. The summed E-state index contributed by atoms with van der Waals surface area (Å²) in [4.78, 5) is 42.2. The third-order valence-corrected chi connectivity index (χ3v) is 3.70. The Morgan fingerprint density at radius 3 is 2.85 bits per heavy atom. The lowest BCUT2D eigenvalue weighted by molar-refractivity contribution is 0.102. The highest BCUT2D eigenvalue weighted by Crippen LogP contribution is 2.16. The topological polar surface area (TPSA) is 110 Å². The first kappa shape index (κ1) is 17.3. The van der Waals surface area contributed by atoms with Crippen LogP contribution in [0.25, 0.3) is 5.95 Å². The van der Waals surface area contributed by atoms with E-state index in [1.807, 2.05) is 6.92 Å². The average Bonchev–Trinajstić information content (AvgIpc) is 3.01. The normalized spacial score (nSPS) is 10.5. The molecule has 2 aromatic heterocycles. The highest BCUT2D eigenvalue weighted by atomic mass is 16.2. The molecular weight excluding hydrogens is 334 g/mol. The zero-order valence-corrected chi connectivity index (χ0v) is 14.3. The number of nitrogens with zero attached hydrogens (tertiary/aromatic N) is 3. The Balaban J connectivity index is 1.97. The molecule has 0 unspecified atom stereocenters. The Hall–Kier alpha value is -3.55. The molecule has 3 rings (SSSR count). The summed E-state index contributed by atoms with van der Waals surface area (Å²) in [5.41, 5.74) is 1.71. The molecular formula is C18H17N5O3. The number of rotatable bonds is 5. The molecule has 8 nitrogen and oxygen atoms in total. The van der Waals surface area contributed by atoms with Crippen molar-refractivity contribution < 1.29 is 9.59 Å². The van der Waals surface area contributed by atoms with E-state index in [1.165, 1.54) is 16.8 Å². The van der Waals surface area contributed by atoms with E-state index in [2.05, 4.69) is 20.4 Å². The number of carbonyl (C=O) groups is 2. The van der Waals surface area contributed by atoms with Crippen molar-refractivity contribution in [1.29, 1.82) is 0 Å². The van der Waals surface area contributed by atoms with Gasteiger partial charge in [-0.3, -0.25) is 19.4 Å². The number of aromatic nitrogens is 4. The molecule has 3 aromatic rings. The summed E-state index contributed by atoms with van der Waals surface area (Å²) in [6, 6.07) is 9.43. The minimum Gasteiger partial charge on any atom is -0.306 e. The lowest BCUT2D eigenvalue weighted by atomic mass is 10.1. The SMILES string of the molecule is CCc1cc(=O)[nH]c(-n2nc(C)cc2NC(=O)c2cccc(C=O)c2)n1. The van der Waals surface area contributed by atoms with Gasteiger partial charge in [-0.05, 0) is 25.5 Å². The Morgan fingerprint density at radius 2 is 2.12 bits per heavy atom. The number of amides is 1. The number of hydrogen-bond acceptors (Lipinski definition) is 5. The van der Waals surface area contributed by atoms with Gasteiger partial charge in [-0.1, -0.05) is 19.1 Å². The van der Waals surface area contributed by atoms with Crippen LogP contribution in [0.15, 0.2) is 41.2 Å². The predicted molar refractivity (Wildman–Crippen MR) is 95.9 cm³/mol. The van der Waals surface area contributed by atoms with Crippen LogP contribution in [-0.4, -0.2) is 31.9 Å². The van der Waals surface area contributed by atoms with Gasteiger partial charge in [-0.2, -0.15) is 9.78 Å². The lowest BCUT2D eigenvalue weighted by Gasteiger charge is -2.09. The number of aryl methyl sites for hydroxylation is 2. The molecule has 2 N–H and O–H groups in total. The van der Waals surface area contributed by atoms with Crippen molar-refractivity contribution in [1.82, 2.24) is 19.7 Å². The Bertz CT molecular complexity index is 1040. The maximum atomic E-state index is 12.5. The van der Waals surface area contributed by atoms with Crippen LogP contribution >= 0.6 is 0 Å². The van der Waals surface area contributed by atoms with Gasteiger partial charge in [-0.25, -0.2) is 4.98 Å². The van der Waals surface area contributed by atoms with Gasteiger partial charge in [0.05, 0.1) is 5.69 Å². The van der Waals surface area contributed by atoms with Crippen LogP contribution in [0, 0.1) is 6.92 Å². The van der Waals surface area contributed by atoms with Gasteiger partial charge in [0.25, 0.3) is 11.5 Å². The standard InChI is InChI=1S/C18H17N5O3/c1-3-14-9-16(25)21-18(19-14)23-15(7-11(2)22-23)20-17(26)13-6-4-5-12(8-13)10-24/h4-10H,3H2,1-2H3,(H,20,26)(H,19,21,25). The van der Waals surface area contributed by atoms with Crippen molar-refractivity contribution in [2.24, 2.45) is 0 Å². The molecule has 0 radical (unpaired) electrons. The van der Waals surface area contributed by atoms with E-state index in [0.717, 1.165) is 0 Å². The molecule has 0 spiro atoms. The second kappa shape index (κ2) is 7.14. The fourth-order valence-electron chi connectivity index (χ4n) is 2.47. The molecule has 0 aliphatic rings. The third-order valence-electron chi connectivity index (χ3n) is 3.70. The Labute approximate surface area is 148 Å². The summed E-state index contributed by atoms with van der Waals surface area (Å²) in [5.74, 6) is 0.184. The quantitative estimate of drug-likeness (QED) is 0.682. The molecule has 132 valence electrons. The lowest BCUT2D eigenvalue weighted by Crippen LogP contribution is -2.19. The number of benzene rings is 1. The first-order chi connectivity index (χ1) is 12.5. The van der Waals surface area contributed by atoms with Crippen molar-refractivity contribution in [3.63, 3.8) is 0 Å². The summed E-state index contributed by atoms with van der Waals surface area (Å²) in [6.07, 6.45) is 1.27. The van der Waals surface area contributed by atoms with Crippen LogP contribution in [0.5, 0.6) is 0 Å². The van der Waals surface area contributed by atoms with Gasteiger partial charge >= 0.3 is 0 Å². The van der Waals surface area contributed by atoms with Gasteiger partial charge in [0, 0.05) is 29.0 Å². The molecule has 1 amide bonds. The minimum absolute atomic E-state index is 0.222. The van der Waals surface area contributed by atoms with Crippen LogP contribution in [0.3, 0.4) is 0 Å². The smallest absolute Gasteiger partial charge is 0.256 e. The van der Waals surface area contributed by atoms with E-state index in [0.29, 0.717) is 41.0 Å². The maximum absolute atomic E-state index is 12.5. The molecule has 0 saturated heterocycles. The highest BCUT2D eigenvalue weighted by Gasteiger charge is 2.14. The number of hydrogen-bond donors (Lipinski definition) is 2. The number of nitrogens with one attached hydrogen (secondary N) is 2. The van der Waals surface area contributed by atoms with Gasteiger partial charge in [0.2, 0.25) is 5.95 Å². The second-order valence-electron chi connectivity index (χ2n) is 5.69. The number of aldehydes is 1. The van der Waals surface area contributed by atoms with Crippen LogP contribution < -0.4 is 10.9 Å². The fraction of sp³-hybridized carbons (Fsp3) is 0.167. The van der Waals surface area contributed by atoms with Crippen LogP contribution in [0.1, 0.15) is 39.0 Å². The Morgan fingerprint density at radius 1 is 1.31 bits per heavy atom. The number of H-pyrrole nitrogens is 1.